The quantitative estimate of drug-likeness (QED) is 0.138. The fraction of sp³-hybridized carbons (Fsp3) is 0.0526. The van der Waals surface area contributed by atoms with Crippen molar-refractivity contribution in [2.24, 2.45) is 9.53 Å². The zero-order valence-electron chi connectivity index (χ0n) is 18.6. The molecule has 12 nitrogen and oxygen atoms in total. The Morgan fingerprint density at radius 2 is 1.17 bits per heavy atom. The van der Waals surface area contributed by atoms with Crippen molar-refractivity contribution < 1.29 is 87.4 Å². The molecular formula is C19H12N4Na2O8P2. The summed E-state index contributed by atoms with van der Waals surface area (Å²) in [4.78, 5) is 25.3. The Hall–Kier alpha value is -1.88. The van der Waals surface area contributed by atoms with Crippen LogP contribution in [0.4, 0.5) is 0 Å². The number of hydrogen-bond donors (Lipinski definition) is 0. The SMILES string of the molecule is Cc1cn(/C([O-])=N\P2Oc3ccccc3O2)c(=O)n(/C([O-])=N/P2Oc3ccccc3O2)c1=O.[Na+].[Na+]. The van der Waals surface area contributed by atoms with Crippen LogP contribution in [-0.4, -0.2) is 21.2 Å². The molecule has 0 bridgehead atoms. The molecule has 5 rings (SSSR count). The van der Waals surface area contributed by atoms with E-state index in [1.807, 2.05) is 0 Å². The Morgan fingerprint density at radius 1 is 0.771 bits per heavy atom. The van der Waals surface area contributed by atoms with Gasteiger partial charge in [0, 0.05) is 11.8 Å². The number of rotatable bonds is 2. The standard InChI is InChI=1S/C19H14N4O8P2.2Na/c1-11-10-22(17(25)20-32-28-12-6-2-3-7-13(12)29-32)19(27)23(16(11)24)18(26)21-33-30-14-8-4-5-9-15(14)31-33;;/h2-10H,1H3,(H,20,25)(H,21,26);;/q;2*+1/p-2. The van der Waals surface area contributed by atoms with Crippen LogP contribution in [0.2, 0.25) is 0 Å². The predicted molar refractivity (Wildman–Crippen MR) is 115 cm³/mol. The van der Waals surface area contributed by atoms with Crippen LogP contribution in [-0.2, 0) is 0 Å². The van der Waals surface area contributed by atoms with E-state index in [1.54, 1.807) is 48.5 Å². The number of para-hydroxylation sites is 4. The van der Waals surface area contributed by atoms with Gasteiger partial charge < -0.3 is 28.3 Å². The summed E-state index contributed by atoms with van der Waals surface area (Å²) in [5.74, 6) is 1.57. The van der Waals surface area contributed by atoms with E-state index in [0.717, 1.165) is 6.20 Å². The molecule has 3 heterocycles. The van der Waals surface area contributed by atoms with Gasteiger partial charge in [-0.2, -0.15) is 9.53 Å². The summed E-state index contributed by atoms with van der Waals surface area (Å²) in [5, 5.41) is 25.3. The fourth-order valence-corrected chi connectivity index (χ4v) is 4.85. The van der Waals surface area contributed by atoms with Crippen LogP contribution in [0.15, 0.2) is 73.8 Å². The molecule has 0 N–H and O–H groups in total. The molecule has 0 unspecified atom stereocenters. The van der Waals surface area contributed by atoms with Gasteiger partial charge in [0.2, 0.25) is 0 Å². The minimum Gasteiger partial charge on any atom is -0.845 e. The van der Waals surface area contributed by atoms with E-state index in [0.29, 0.717) is 27.6 Å². The van der Waals surface area contributed by atoms with Gasteiger partial charge in [-0.1, -0.05) is 24.3 Å². The van der Waals surface area contributed by atoms with Gasteiger partial charge in [-0.05, 0) is 31.2 Å². The second-order valence-electron chi connectivity index (χ2n) is 6.60. The summed E-state index contributed by atoms with van der Waals surface area (Å²) in [7, 11) is -4.15. The molecule has 2 aliphatic rings. The van der Waals surface area contributed by atoms with E-state index in [9.17, 15) is 19.8 Å². The zero-order chi connectivity index (χ0) is 23.1. The van der Waals surface area contributed by atoms with Crippen molar-refractivity contribution in [3.05, 3.63) is 81.1 Å². The summed E-state index contributed by atoms with van der Waals surface area (Å²) >= 11 is 0. The second-order valence-corrected chi connectivity index (χ2v) is 8.69. The zero-order valence-corrected chi connectivity index (χ0v) is 24.4. The summed E-state index contributed by atoms with van der Waals surface area (Å²) in [5.41, 5.74) is -2.24. The third-order valence-electron chi connectivity index (χ3n) is 4.40. The van der Waals surface area contributed by atoms with Gasteiger partial charge in [-0.15, -0.1) is 0 Å². The van der Waals surface area contributed by atoms with E-state index in [2.05, 4.69) is 9.53 Å². The molecule has 0 saturated carbocycles. The molecule has 16 heteroatoms. The molecule has 35 heavy (non-hydrogen) atoms. The molecule has 168 valence electrons. The van der Waals surface area contributed by atoms with Crippen LogP contribution in [0.5, 0.6) is 23.0 Å². The summed E-state index contributed by atoms with van der Waals surface area (Å²) in [6.45, 7) is 1.34. The van der Waals surface area contributed by atoms with Crippen molar-refractivity contribution in [2.45, 2.75) is 6.92 Å². The molecule has 0 radical (unpaired) electrons. The largest absolute Gasteiger partial charge is 1.00 e. The van der Waals surface area contributed by atoms with E-state index >= 15 is 0 Å². The number of nitrogens with zero attached hydrogens (tertiary/aromatic N) is 4. The molecule has 3 aromatic rings. The van der Waals surface area contributed by atoms with Crippen LogP contribution < -0.4 is 98.7 Å². The molecule has 0 aliphatic carbocycles. The van der Waals surface area contributed by atoms with E-state index in [1.165, 1.54) is 6.92 Å². The van der Waals surface area contributed by atoms with Crippen LogP contribution >= 0.6 is 17.1 Å². The fourth-order valence-electron chi connectivity index (χ4n) is 2.87. The number of benzene rings is 2. The van der Waals surface area contributed by atoms with Gasteiger partial charge in [-0.3, -0.25) is 9.36 Å². The van der Waals surface area contributed by atoms with Crippen LogP contribution in [0.25, 0.3) is 0 Å². The second kappa shape index (κ2) is 11.5. The van der Waals surface area contributed by atoms with E-state index in [4.69, 9.17) is 18.1 Å². The smallest absolute Gasteiger partial charge is 0.845 e. The van der Waals surface area contributed by atoms with Crippen molar-refractivity contribution in [3.63, 3.8) is 0 Å². The molecule has 2 aromatic carbocycles. The Labute approximate surface area is 244 Å². The molecule has 1 aromatic heterocycles. The number of aromatic nitrogens is 2. The number of hydrogen-bond acceptors (Lipinski definition) is 10. The molecule has 0 spiro atoms. The summed E-state index contributed by atoms with van der Waals surface area (Å²) in [6, 6.07) is 11.1. The Kier molecular flexibility index (Phi) is 9.06. The maximum atomic E-state index is 12.8. The predicted octanol–water partition coefficient (Wildman–Crippen LogP) is -5.15. The van der Waals surface area contributed by atoms with Gasteiger partial charge >= 0.3 is 81.9 Å². The van der Waals surface area contributed by atoms with Crippen LogP contribution in [0.3, 0.4) is 0 Å². The van der Waals surface area contributed by atoms with Gasteiger partial charge in [-0.25, -0.2) is 9.36 Å². The average Bonchev–Trinajstić information content (AvgIpc) is 3.38. The molecule has 0 amide bonds. The summed E-state index contributed by atoms with van der Waals surface area (Å²) < 4.78 is 29.9. The average molecular weight is 532 g/mol. The van der Waals surface area contributed by atoms with Crippen molar-refractivity contribution in [3.8, 4) is 23.0 Å². The van der Waals surface area contributed by atoms with Gasteiger partial charge in [0.05, 0.1) is 12.0 Å². The Balaban J connectivity index is 0.00000171. The van der Waals surface area contributed by atoms with Crippen LogP contribution in [0.1, 0.15) is 5.56 Å². The topological polar surface area (TPSA) is 152 Å². The minimum absolute atomic E-state index is 0. The number of aryl methyl sites for hydroxylation is 1. The third kappa shape index (κ3) is 5.60. The first-order chi connectivity index (χ1) is 15.9. The maximum absolute atomic E-state index is 12.8. The Bertz CT molecular complexity index is 1390. The molecular weight excluding hydrogens is 520 g/mol. The first-order valence-corrected chi connectivity index (χ1v) is 11.5. The van der Waals surface area contributed by atoms with Crippen molar-refractivity contribution >= 4 is 29.1 Å². The molecule has 0 fully saturated rings. The monoisotopic (exact) mass is 532 g/mol. The Morgan fingerprint density at radius 3 is 1.60 bits per heavy atom. The molecule has 2 aliphatic heterocycles. The van der Waals surface area contributed by atoms with E-state index < -0.39 is 40.3 Å². The first kappa shape index (κ1) is 27.7. The van der Waals surface area contributed by atoms with Gasteiger partial charge in [0.25, 0.3) is 5.56 Å². The van der Waals surface area contributed by atoms with E-state index in [-0.39, 0.29) is 69.2 Å². The first-order valence-electron chi connectivity index (χ1n) is 9.28. The molecule has 0 saturated heterocycles. The van der Waals surface area contributed by atoms with Crippen LogP contribution in [0, 0.1) is 6.92 Å². The third-order valence-corrected chi connectivity index (χ3v) is 6.48. The summed E-state index contributed by atoms with van der Waals surface area (Å²) in [6.07, 6.45) is 0.989. The van der Waals surface area contributed by atoms with Crippen molar-refractivity contribution in [1.82, 2.24) is 9.13 Å². The van der Waals surface area contributed by atoms with Crippen molar-refractivity contribution in [1.29, 1.82) is 0 Å². The number of fused-ring (bicyclic) bond motifs is 2. The van der Waals surface area contributed by atoms with Gasteiger partial charge in [0.15, 0.2) is 23.0 Å². The minimum atomic E-state index is -2.11. The molecule has 0 atom stereocenters. The normalized spacial score (nSPS) is 14.9. The van der Waals surface area contributed by atoms with Crippen molar-refractivity contribution in [2.75, 3.05) is 0 Å². The maximum Gasteiger partial charge on any atom is 1.00 e. The van der Waals surface area contributed by atoms with Gasteiger partial charge in [0.1, 0.15) is 0 Å².